The fourth-order valence-corrected chi connectivity index (χ4v) is 5.40. The molecule has 1 unspecified atom stereocenters. The van der Waals surface area contributed by atoms with Crippen molar-refractivity contribution >= 4 is 27.5 Å². The van der Waals surface area contributed by atoms with Gasteiger partial charge in [-0.05, 0) is 36.6 Å². The van der Waals surface area contributed by atoms with Crippen molar-refractivity contribution in [3.63, 3.8) is 0 Å². The van der Waals surface area contributed by atoms with Crippen molar-refractivity contribution in [3.05, 3.63) is 23.8 Å². The van der Waals surface area contributed by atoms with Crippen LogP contribution in [-0.2, 0) is 30.8 Å². The minimum atomic E-state index is -3.56. The fourth-order valence-electron chi connectivity index (χ4n) is 3.84. The molecule has 1 saturated heterocycles. The van der Waals surface area contributed by atoms with E-state index in [1.54, 1.807) is 19.2 Å². The van der Waals surface area contributed by atoms with Crippen molar-refractivity contribution < 1.29 is 22.7 Å². The molecule has 154 valence electrons. The van der Waals surface area contributed by atoms with Crippen LogP contribution in [0.15, 0.2) is 23.1 Å². The Kier molecular flexibility index (Phi) is 6.36. The van der Waals surface area contributed by atoms with Crippen LogP contribution in [-0.4, -0.2) is 63.9 Å². The first-order chi connectivity index (χ1) is 13.4. The number of hydrogen-bond donors (Lipinski definition) is 1. The number of hydrogen-bond acceptors (Lipinski definition) is 5. The normalized spacial score (nSPS) is 20.1. The summed E-state index contributed by atoms with van der Waals surface area (Å²) in [7, 11) is -2.02. The largest absolute Gasteiger partial charge is 0.383 e. The molecule has 1 aromatic rings. The molecular weight excluding hydrogens is 382 g/mol. The Morgan fingerprint density at radius 3 is 2.57 bits per heavy atom. The topological polar surface area (TPSA) is 96.0 Å². The average molecular weight is 410 g/mol. The molecular formula is C19H27N3O5S. The second-order valence-corrected chi connectivity index (χ2v) is 9.09. The molecule has 3 rings (SSSR count). The van der Waals surface area contributed by atoms with Crippen LogP contribution in [0.1, 0.15) is 31.7 Å². The molecule has 2 amide bonds. The Morgan fingerprint density at radius 2 is 1.93 bits per heavy atom. The molecule has 1 aromatic carbocycles. The number of amides is 2. The van der Waals surface area contributed by atoms with Crippen molar-refractivity contribution in [2.24, 2.45) is 0 Å². The summed E-state index contributed by atoms with van der Waals surface area (Å²) in [5, 5.41) is 2.76. The number of carbonyl (C=O) groups excluding carboxylic acids is 2. The molecule has 0 saturated carbocycles. The number of nitrogens with one attached hydrogen (secondary N) is 1. The maximum absolute atomic E-state index is 12.9. The lowest BCUT2D eigenvalue weighted by atomic mass is 10.1. The summed E-state index contributed by atoms with van der Waals surface area (Å²) in [6.07, 6.45) is 3.07. The standard InChI is InChI=1S/C19H27N3O5S/c1-14(23)22-17-7-6-16(28(25,26)21-9-4-3-5-10-21)12-15(17)13-18(22)19(24)20-8-11-27-2/h6-7,12,18H,3-5,8-11,13H2,1-2H3,(H,20,24). The average Bonchev–Trinajstić information content (AvgIpc) is 3.08. The monoisotopic (exact) mass is 409 g/mol. The first-order valence-electron chi connectivity index (χ1n) is 9.56. The summed E-state index contributed by atoms with van der Waals surface area (Å²) in [6, 6.07) is 4.09. The second kappa shape index (κ2) is 8.59. The number of carbonyl (C=O) groups is 2. The van der Waals surface area contributed by atoms with E-state index in [1.165, 1.54) is 22.2 Å². The summed E-state index contributed by atoms with van der Waals surface area (Å²) in [4.78, 5) is 26.4. The molecule has 8 nitrogen and oxygen atoms in total. The SMILES string of the molecule is COCCNC(=O)C1Cc2cc(S(=O)(=O)N3CCCCC3)ccc2N1C(C)=O. The van der Waals surface area contributed by atoms with E-state index in [0.717, 1.165) is 19.3 Å². The van der Waals surface area contributed by atoms with Crippen molar-refractivity contribution in [2.45, 2.75) is 43.5 Å². The van der Waals surface area contributed by atoms with Gasteiger partial charge in [-0.15, -0.1) is 0 Å². The first kappa shape index (κ1) is 20.8. The van der Waals surface area contributed by atoms with Crippen LogP contribution in [0.5, 0.6) is 0 Å². The van der Waals surface area contributed by atoms with E-state index in [4.69, 9.17) is 4.74 Å². The van der Waals surface area contributed by atoms with Crippen molar-refractivity contribution in [3.8, 4) is 0 Å². The molecule has 2 aliphatic heterocycles. The smallest absolute Gasteiger partial charge is 0.243 e. The molecule has 28 heavy (non-hydrogen) atoms. The summed E-state index contributed by atoms with van der Waals surface area (Å²) >= 11 is 0. The van der Waals surface area contributed by atoms with Crippen LogP contribution >= 0.6 is 0 Å². The predicted molar refractivity (Wildman–Crippen MR) is 105 cm³/mol. The van der Waals surface area contributed by atoms with Gasteiger partial charge in [0, 0.05) is 45.8 Å². The zero-order valence-electron chi connectivity index (χ0n) is 16.3. The molecule has 0 bridgehead atoms. The Bertz CT molecular complexity index is 849. The molecule has 0 aliphatic carbocycles. The van der Waals surface area contributed by atoms with Crippen LogP contribution in [0.2, 0.25) is 0 Å². The third-order valence-corrected chi connectivity index (χ3v) is 7.13. The number of sulfonamides is 1. The van der Waals surface area contributed by atoms with Gasteiger partial charge in [0.25, 0.3) is 0 Å². The van der Waals surface area contributed by atoms with E-state index < -0.39 is 16.1 Å². The summed E-state index contributed by atoms with van der Waals surface area (Å²) in [5.41, 5.74) is 1.29. The number of ether oxygens (including phenoxy) is 1. The van der Waals surface area contributed by atoms with Crippen molar-refractivity contribution in [1.29, 1.82) is 0 Å². The zero-order valence-corrected chi connectivity index (χ0v) is 17.1. The maximum Gasteiger partial charge on any atom is 0.243 e. The Hall–Kier alpha value is -1.97. The van der Waals surface area contributed by atoms with E-state index in [9.17, 15) is 18.0 Å². The van der Waals surface area contributed by atoms with Gasteiger partial charge in [0.2, 0.25) is 21.8 Å². The number of rotatable bonds is 6. The highest BCUT2D eigenvalue weighted by molar-refractivity contribution is 7.89. The zero-order chi connectivity index (χ0) is 20.3. The van der Waals surface area contributed by atoms with E-state index in [0.29, 0.717) is 37.5 Å². The minimum absolute atomic E-state index is 0.220. The number of nitrogens with zero attached hydrogens (tertiary/aromatic N) is 2. The lowest BCUT2D eigenvalue weighted by Gasteiger charge is -2.26. The molecule has 9 heteroatoms. The number of anilines is 1. The fraction of sp³-hybridized carbons (Fsp3) is 0.579. The van der Waals surface area contributed by atoms with Gasteiger partial charge >= 0.3 is 0 Å². The minimum Gasteiger partial charge on any atom is -0.383 e. The van der Waals surface area contributed by atoms with Gasteiger partial charge in [0.05, 0.1) is 11.5 Å². The van der Waals surface area contributed by atoms with Crippen LogP contribution in [0.4, 0.5) is 5.69 Å². The highest BCUT2D eigenvalue weighted by Gasteiger charge is 2.38. The molecule has 2 heterocycles. The second-order valence-electron chi connectivity index (χ2n) is 7.15. The van der Waals surface area contributed by atoms with Gasteiger partial charge in [-0.25, -0.2) is 8.42 Å². The Balaban J connectivity index is 1.86. The molecule has 0 spiro atoms. The van der Waals surface area contributed by atoms with Crippen molar-refractivity contribution in [2.75, 3.05) is 38.3 Å². The highest BCUT2D eigenvalue weighted by Crippen LogP contribution is 2.35. The number of piperidine rings is 1. The van der Waals surface area contributed by atoms with Gasteiger partial charge in [-0.3, -0.25) is 14.5 Å². The predicted octanol–water partition coefficient (Wildman–Crippen LogP) is 0.901. The molecule has 2 aliphatic rings. The number of methoxy groups -OCH3 is 1. The Morgan fingerprint density at radius 1 is 1.21 bits per heavy atom. The van der Waals surface area contributed by atoms with Crippen LogP contribution in [0, 0.1) is 0 Å². The third-order valence-electron chi connectivity index (χ3n) is 5.24. The quantitative estimate of drug-likeness (QED) is 0.705. The van der Waals surface area contributed by atoms with Gasteiger partial charge in [0.15, 0.2) is 0 Å². The third kappa shape index (κ3) is 4.06. The maximum atomic E-state index is 12.9. The lowest BCUT2D eigenvalue weighted by Crippen LogP contribution is -2.48. The molecule has 0 radical (unpaired) electrons. The molecule has 0 aromatic heterocycles. The van der Waals surface area contributed by atoms with E-state index >= 15 is 0 Å². The number of fused-ring (bicyclic) bond motifs is 1. The highest BCUT2D eigenvalue weighted by atomic mass is 32.2. The van der Waals surface area contributed by atoms with Gasteiger partial charge in [-0.2, -0.15) is 4.31 Å². The number of benzene rings is 1. The van der Waals surface area contributed by atoms with Crippen LogP contribution in [0.3, 0.4) is 0 Å². The molecule has 1 N–H and O–H groups in total. The van der Waals surface area contributed by atoms with Gasteiger partial charge in [-0.1, -0.05) is 6.42 Å². The summed E-state index contributed by atoms with van der Waals surface area (Å²) in [6.45, 7) is 3.20. The van der Waals surface area contributed by atoms with Crippen LogP contribution in [0.25, 0.3) is 0 Å². The Labute approximate surface area is 165 Å². The van der Waals surface area contributed by atoms with Crippen molar-refractivity contribution in [1.82, 2.24) is 9.62 Å². The summed E-state index contributed by atoms with van der Waals surface area (Å²) < 4.78 is 32.3. The van der Waals surface area contributed by atoms with E-state index in [-0.39, 0.29) is 23.1 Å². The molecule has 1 atom stereocenters. The van der Waals surface area contributed by atoms with E-state index in [1.807, 2.05) is 0 Å². The van der Waals surface area contributed by atoms with E-state index in [2.05, 4.69) is 5.32 Å². The lowest BCUT2D eigenvalue weighted by molar-refractivity contribution is -0.125. The van der Waals surface area contributed by atoms with Gasteiger partial charge < -0.3 is 10.1 Å². The van der Waals surface area contributed by atoms with Crippen LogP contribution < -0.4 is 10.2 Å². The molecule has 1 fully saturated rings. The van der Waals surface area contributed by atoms with Gasteiger partial charge in [0.1, 0.15) is 6.04 Å². The summed E-state index contributed by atoms with van der Waals surface area (Å²) in [5.74, 6) is -0.527. The first-order valence-corrected chi connectivity index (χ1v) is 11.0.